The molecule has 1 heterocycles. The molecule has 102 valence electrons. The Bertz CT molecular complexity index is 435. The number of rotatable bonds is 6. The first-order valence-corrected chi connectivity index (χ1v) is 6.63. The zero-order chi connectivity index (χ0) is 13.9. The quantitative estimate of drug-likeness (QED) is 0.754. The second kappa shape index (κ2) is 5.71. The van der Waals surface area contributed by atoms with Gasteiger partial charge in [-0.3, -0.25) is 4.79 Å². The number of aliphatic carboxylic acids is 1. The summed E-state index contributed by atoms with van der Waals surface area (Å²) in [6.07, 6.45) is 0.509. The Labute approximate surface area is 111 Å². The Balaban J connectivity index is 2.69. The van der Waals surface area contributed by atoms with Crippen molar-refractivity contribution in [2.45, 2.75) is 43.1 Å². The average molecular weight is 272 g/mol. The van der Waals surface area contributed by atoms with Crippen LogP contribution in [-0.4, -0.2) is 43.7 Å². The molecule has 6 nitrogen and oxygen atoms in total. The van der Waals surface area contributed by atoms with Gasteiger partial charge in [-0.2, -0.15) is 0 Å². The summed E-state index contributed by atoms with van der Waals surface area (Å²) in [6.45, 7) is 5.57. The smallest absolute Gasteiger partial charge is 0.323 e. The Morgan fingerprint density at radius 3 is 2.61 bits per heavy atom. The minimum absolute atomic E-state index is 0.126. The van der Waals surface area contributed by atoms with Crippen molar-refractivity contribution in [2.24, 2.45) is 7.05 Å². The standard InChI is InChI=1S/C11H20N4O2S/c1-7(6-11(3,12-4)9(16)17)18-10-14-13-8(2)15(10)5/h7,12H,6H2,1-5H3,(H,16,17). The molecule has 0 saturated heterocycles. The molecule has 2 N–H and O–H groups in total. The predicted octanol–water partition coefficient (Wildman–Crippen LogP) is 1.06. The van der Waals surface area contributed by atoms with Crippen molar-refractivity contribution >= 4 is 17.7 Å². The number of carboxylic acids is 1. The van der Waals surface area contributed by atoms with Crippen molar-refractivity contribution < 1.29 is 9.90 Å². The molecular weight excluding hydrogens is 252 g/mol. The lowest BCUT2D eigenvalue weighted by atomic mass is 9.97. The Kier molecular flexibility index (Phi) is 4.75. The molecule has 0 saturated carbocycles. The van der Waals surface area contributed by atoms with Gasteiger partial charge in [0.2, 0.25) is 0 Å². The lowest BCUT2D eigenvalue weighted by Gasteiger charge is -2.26. The zero-order valence-electron chi connectivity index (χ0n) is 11.4. The van der Waals surface area contributed by atoms with Gasteiger partial charge in [-0.15, -0.1) is 10.2 Å². The van der Waals surface area contributed by atoms with E-state index in [0.717, 1.165) is 11.0 Å². The summed E-state index contributed by atoms with van der Waals surface area (Å²) < 4.78 is 1.90. The molecule has 0 amide bonds. The number of carbonyl (C=O) groups is 1. The van der Waals surface area contributed by atoms with E-state index >= 15 is 0 Å². The summed E-state index contributed by atoms with van der Waals surface area (Å²) in [7, 11) is 3.57. The lowest BCUT2D eigenvalue weighted by Crippen LogP contribution is -2.49. The van der Waals surface area contributed by atoms with Gasteiger partial charge in [0.15, 0.2) is 5.16 Å². The molecular formula is C11H20N4O2S. The zero-order valence-corrected chi connectivity index (χ0v) is 12.2. The highest BCUT2D eigenvalue weighted by Gasteiger charge is 2.33. The van der Waals surface area contributed by atoms with Crippen LogP contribution in [0.1, 0.15) is 26.1 Å². The van der Waals surface area contributed by atoms with Crippen LogP contribution in [0, 0.1) is 6.92 Å². The lowest BCUT2D eigenvalue weighted by molar-refractivity contribution is -0.144. The molecule has 0 radical (unpaired) electrons. The molecule has 0 bridgehead atoms. The van der Waals surface area contributed by atoms with E-state index in [1.807, 2.05) is 25.5 Å². The van der Waals surface area contributed by atoms with E-state index < -0.39 is 11.5 Å². The highest BCUT2D eigenvalue weighted by Crippen LogP contribution is 2.27. The number of hydrogen-bond donors (Lipinski definition) is 2. The van der Waals surface area contributed by atoms with Gasteiger partial charge in [0.25, 0.3) is 0 Å². The second-order valence-corrected chi connectivity index (χ2v) is 6.01. The summed E-state index contributed by atoms with van der Waals surface area (Å²) in [6, 6.07) is 0. The number of likely N-dealkylation sites (N-methyl/N-ethyl adjacent to an activating group) is 1. The maximum Gasteiger partial charge on any atom is 0.323 e. The fourth-order valence-corrected chi connectivity index (χ4v) is 2.74. The van der Waals surface area contributed by atoms with Crippen LogP contribution < -0.4 is 5.32 Å². The molecule has 0 aliphatic carbocycles. The van der Waals surface area contributed by atoms with Crippen LogP contribution in [0.4, 0.5) is 0 Å². The molecule has 2 unspecified atom stereocenters. The van der Waals surface area contributed by atoms with Crippen LogP contribution in [0.2, 0.25) is 0 Å². The molecule has 1 rings (SSSR count). The van der Waals surface area contributed by atoms with Gasteiger partial charge in [-0.05, 0) is 27.3 Å². The number of nitrogens with zero attached hydrogens (tertiary/aromatic N) is 3. The molecule has 1 aromatic heterocycles. The third kappa shape index (κ3) is 3.23. The van der Waals surface area contributed by atoms with E-state index in [9.17, 15) is 9.90 Å². The maximum absolute atomic E-state index is 11.2. The number of carboxylic acid groups (broad SMARTS) is 1. The first kappa shape index (κ1) is 15.0. The van der Waals surface area contributed by atoms with Gasteiger partial charge >= 0.3 is 5.97 Å². The fourth-order valence-electron chi connectivity index (χ4n) is 1.58. The van der Waals surface area contributed by atoms with Crippen LogP contribution in [0.5, 0.6) is 0 Å². The normalized spacial score (nSPS) is 16.3. The predicted molar refractivity (Wildman–Crippen MR) is 70.8 cm³/mol. The van der Waals surface area contributed by atoms with Gasteiger partial charge in [-0.1, -0.05) is 18.7 Å². The van der Waals surface area contributed by atoms with Gasteiger partial charge < -0.3 is 15.0 Å². The van der Waals surface area contributed by atoms with Crippen molar-refractivity contribution in [3.8, 4) is 0 Å². The summed E-state index contributed by atoms with van der Waals surface area (Å²) in [5.74, 6) is 0.00547. The van der Waals surface area contributed by atoms with Gasteiger partial charge in [0, 0.05) is 12.3 Å². The van der Waals surface area contributed by atoms with Crippen LogP contribution in [0.3, 0.4) is 0 Å². The topological polar surface area (TPSA) is 80.0 Å². The van der Waals surface area contributed by atoms with Crippen LogP contribution >= 0.6 is 11.8 Å². The molecule has 0 aliphatic heterocycles. The number of aromatic nitrogens is 3. The Morgan fingerprint density at radius 1 is 1.61 bits per heavy atom. The molecule has 0 spiro atoms. The van der Waals surface area contributed by atoms with Crippen molar-refractivity contribution in [3.63, 3.8) is 0 Å². The second-order valence-electron chi connectivity index (χ2n) is 4.61. The van der Waals surface area contributed by atoms with Crippen molar-refractivity contribution in [1.82, 2.24) is 20.1 Å². The highest BCUT2D eigenvalue weighted by molar-refractivity contribution is 7.99. The molecule has 2 atom stereocenters. The van der Waals surface area contributed by atoms with E-state index in [4.69, 9.17) is 0 Å². The Hall–Kier alpha value is -1.08. The monoisotopic (exact) mass is 272 g/mol. The number of aryl methyl sites for hydroxylation is 1. The minimum atomic E-state index is -0.917. The third-order valence-electron chi connectivity index (χ3n) is 3.08. The van der Waals surface area contributed by atoms with E-state index in [0.29, 0.717) is 6.42 Å². The SMILES string of the molecule is CNC(C)(CC(C)Sc1nnc(C)n1C)C(=O)O. The van der Waals surface area contributed by atoms with Crippen molar-refractivity contribution in [1.29, 1.82) is 0 Å². The molecule has 0 fully saturated rings. The minimum Gasteiger partial charge on any atom is -0.480 e. The van der Waals surface area contributed by atoms with E-state index in [2.05, 4.69) is 15.5 Å². The molecule has 18 heavy (non-hydrogen) atoms. The maximum atomic E-state index is 11.2. The molecule has 7 heteroatoms. The van der Waals surface area contributed by atoms with Gasteiger partial charge in [-0.25, -0.2) is 0 Å². The molecule has 1 aromatic rings. The summed E-state index contributed by atoms with van der Waals surface area (Å²) in [5, 5.41) is 21.0. The average Bonchev–Trinajstić information content (AvgIpc) is 2.60. The largest absolute Gasteiger partial charge is 0.480 e. The number of hydrogen-bond acceptors (Lipinski definition) is 5. The number of thioether (sulfide) groups is 1. The van der Waals surface area contributed by atoms with Crippen molar-refractivity contribution in [2.75, 3.05) is 7.05 Å². The van der Waals surface area contributed by atoms with Crippen LogP contribution in [-0.2, 0) is 11.8 Å². The van der Waals surface area contributed by atoms with Crippen LogP contribution in [0.15, 0.2) is 5.16 Å². The van der Waals surface area contributed by atoms with E-state index in [1.165, 1.54) is 11.8 Å². The fraction of sp³-hybridized carbons (Fsp3) is 0.727. The van der Waals surface area contributed by atoms with Gasteiger partial charge in [0.05, 0.1) is 0 Å². The molecule has 0 aliphatic rings. The third-order valence-corrected chi connectivity index (χ3v) is 4.21. The van der Waals surface area contributed by atoms with Gasteiger partial charge in [0.1, 0.15) is 11.4 Å². The van der Waals surface area contributed by atoms with Crippen molar-refractivity contribution in [3.05, 3.63) is 5.82 Å². The summed E-state index contributed by atoms with van der Waals surface area (Å²) in [5.41, 5.74) is -0.917. The highest BCUT2D eigenvalue weighted by atomic mass is 32.2. The number of nitrogens with one attached hydrogen (secondary N) is 1. The van der Waals surface area contributed by atoms with E-state index in [1.54, 1.807) is 14.0 Å². The molecule has 0 aromatic carbocycles. The first-order chi connectivity index (χ1) is 8.30. The van der Waals surface area contributed by atoms with Crippen LogP contribution in [0.25, 0.3) is 0 Å². The first-order valence-electron chi connectivity index (χ1n) is 5.75. The van der Waals surface area contributed by atoms with E-state index in [-0.39, 0.29) is 5.25 Å². The Morgan fingerprint density at radius 2 is 2.22 bits per heavy atom. The summed E-state index contributed by atoms with van der Waals surface area (Å²) in [4.78, 5) is 11.2. The summed E-state index contributed by atoms with van der Waals surface area (Å²) >= 11 is 1.54.